The topological polar surface area (TPSA) is 58.6 Å². The summed E-state index contributed by atoms with van der Waals surface area (Å²) >= 11 is 0. The number of hydrogen-bond acceptors (Lipinski definition) is 3. The van der Waals surface area contributed by atoms with Crippen molar-refractivity contribution < 1.29 is 14.6 Å². The number of carbonyl (C=O) groups is 1. The van der Waals surface area contributed by atoms with Crippen LogP contribution < -0.4 is 5.32 Å². The largest absolute Gasteiger partial charge is 0.509 e. The molecule has 108 valence electrons. The van der Waals surface area contributed by atoms with E-state index in [2.05, 4.69) is 5.32 Å². The van der Waals surface area contributed by atoms with Crippen molar-refractivity contribution in [2.45, 2.75) is 33.2 Å². The minimum atomic E-state index is -0.856. The Morgan fingerprint density at radius 3 is 2.30 bits per heavy atom. The molecule has 1 aromatic carbocycles. The first-order chi connectivity index (χ1) is 9.30. The highest BCUT2D eigenvalue weighted by atomic mass is 16.5. The van der Waals surface area contributed by atoms with Gasteiger partial charge in [0, 0.05) is 7.11 Å². The average molecular weight is 275 g/mol. The quantitative estimate of drug-likeness (QED) is 0.890. The lowest BCUT2D eigenvalue weighted by Crippen LogP contribution is -2.45. The van der Waals surface area contributed by atoms with Crippen LogP contribution in [0.15, 0.2) is 17.9 Å². The lowest BCUT2D eigenvalue weighted by Gasteiger charge is -2.23. The Morgan fingerprint density at radius 1 is 1.25 bits per heavy atom. The smallest absolute Gasteiger partial charge is 0.256 e. The van der Waals surface area contributed by atoms with Gasteiger partial charge in [-0.15, -0.1) is 0 Å². The number of ether oxygens (including phenoxy) is 1. The minimum Gasteiger partial charge on any atom is -0.509 e. The molecule has 1 heterocycles. The molecule has 1 amide bonds. The molecule has 0 saturated heterocycles. The van der Waals surface area contributed by atoms with Crippen LogP contribution in [0.4, 0.5) is 0 Å². The maximum atomic E-state index is 12.3. The molecule has 0 bridgehead atoms. The van der Waals surface area contributed by atoms with Crippen LogP contribution in [0, 0.1) is 20.8 Å². The molecule has 20 heavy (non-hydrogen) atoms. The van der Waals surface area contributed by atoms with E-state index in [1.807, 2.05) is 32.9 Å². The van der Waals surface area contributed by atoms with Gasteiger partial charge in [-0.05, 0) is 44.4 Å². The molecule has 1 aliphatic rings. The van der Waals surface area contributed by atoms with Gasteiger partial charge in [0.1, 0.15) is 11.3 Å². The molecule has 4 heteroatoms. The van der Waals surface area contributed by atoms with E-state index in [1.54, 1.807) is 14.0 Å². The lowest BCUT2D eigenvalue weighted by atomic mass is 9.91. The second kappa shape index (κ2) is 4.94. The fraction of sp³-hybridized carbons (Fsp3) is 0.438. The molecule has 1 atom stereocenters. The van der Waals surface area contributed by atoms with Crippen LogP contribution in [0.5, 0.6) is 0 Å². The summed E-state index contributed by atoms with van der Waals surface area (Å²) in [5.41, 5.74) is 3.43. The molecule has 0 aliphatic carbocycles. The zero-order chi connectivity index (χ0) is 15.1. The first kappa shape index (κ1) is 14.6. The molecule has 0 radical (unpaired) electrons. The molecule has 1 aromatic rings. The monoisotopic (exact) mass is 275 g/mol. The molecule has 0 aromatic heterocycles. The number of aliphatic hydroxyl groups is 1. The van der Waals surface area contributed by atoms with E-state index in [1.165, 1.54) is 0 Å². The number of carbonyl (C=O) groups excluding carboxylic acids is 1. The molecule has 4 nitrogen and oxygen atoms in total. The van der Waals surface area contributed by atoms with Crippen LogP contribution in [0.1, 0.15) is 29.2 Å². The van der Waals surface area contributed by atoms with Gasteiger partial charge < -0.3 is 15.2 Å². The van der Waals surface area contributed by atoms with Crippen LogP contribution in [0.25, 0.3) is 5.57 Å². The number of hydrogen-bond donors (Lipinski definition) is 2. The number of methoxy groups -OCH3 is 1. The third-order valence-corrected chi connectivity index (χ3v) is 3.74. The molecule has 0 saturated carbocycles. The van der Waals surface area contributed by atoms with Crippen molar-refractivity contribution in [2.24, 2.45) is 0 Å². The summed E-state index contributed by atoms with van der Waals surface area (Å²) in [7, 11) is 1.55. The van der Waals surface area contributed by atoms with E-state index in [4.69, 9.17) is 4.74 Å². The fourth-order valence-electron chi connectivity index (χ4n) is 2.96. The van der Waals surface area contributed by atoms with Crippen molar-refractivity contribution in [3.05, 3.63) is 40.1 Å². The second-order valence-electron chi connectivity index (χ2n) is 5.72. The van der Waals surface area contributed by atoms with Gasteiger partial charge in [-0.2, -0.15) is 0 Å². The van der Waals surface area contributed by atoms with Gasteiger partial charge in [0.15, 0.2) is 0 Å². The predicted octanol–water partition coefficient (Wildman–Crippen LogP) is 2.42. The van der Waals surface area contributed by atoms with E-state index in [0.29, 0.717) is 5.57 Å². The van der Waals surface area contributed by atoms with Crippen LogP contribution in [-0.2, 0) is 9.53 Å². The Labute approximate surface area is 119 Å². The average Bonchev–Trinajstić information content (AvgIpc) is 2.52. The molecule has 1 unspecified atom stereocenters. The van der Waals surface area contributed by atoms with Gasteiger partial charge in [0.05, 0.1) is 12.2 Å². The molecular weight excluding hydrogens is 254 g/mol. The normalized spacial score (nSPS) is 22.4. The van der Waals surface area contributed by atoms with Crippen molar-refractivity contribution in [1.82, 2.24) is 5.32 Å². The van der Waals surface area contributed by atoms with Crippen LogP contribution in [0.2, 0.25) is 0 Å². The van der Waals surface area contributed by atoms with Gasteiger partial charge >= 0.3 is 0 Å². The number of aliphatic hydroxyl groups excluding tert-OH is 1. The van der Waals surface area contributed by atoms with Crippen LogP contribution in [-0.4, -0.2) is 30.3 Å². The Morgan fingerprint density at radius 2 is 1.80 bits per heavy atom. The zero-order valence-corrected chi connectivity index (χ0v) is 12.6. The maximum absolute atomic E-state index is 12.3. The first-order valence-electron chi connectivity index (χ1n) is 6.63. The van der Waals surface area contributed by atoms with Gasteiger partial charge in [-0.1, -0.05) is 17.7 Å². The summed E-state index contributed by atoms with van der Waals surface area (Å²) < 4.78 is 5.10. The number of amides is 1. The second-order valence-corrected chi connectivity index (χ2v) is 5.72. The summed E-state index contributed by atoms with van der Waals surface area (Å²) in [6, 6.07) is 4.03. The molecule has 2 rings (SSSR count). The molecule has 1 aliphatic heterocycles. The summed E-state index contributed by atoms with van der Waals surface area (Å²) in [4.78, 5) is 12.3. The molecule has 2 N–H and O–H groups in total. The van der Waals surface area contributed by atoms with Crippen molar-refractivity contribution in [1.29, 1.82) is 0 Å². The fourth-order valence-corrected chi connectivity index (χ4v) is 2.96. The van der Waals surface area contributed by atoms with Gasteiger partial charge in [-0.25, -0.2) is 0 Å². The number of aryl methyl sites for hydroxylation is 3. The summed E-state index contributed by atoms with van der Waals surface area (Å²) in [5.74, 6) is -0.198. The molecule has 0 fully saturated rings. The van der Waals surface area contributed by atoms with Crippen molar-refractivity contribution in [3.63, 3.8) is 0 Å². The van der Waals surface area contributed by atoms with Gasteiger partial charge in [0.2, 0.25) is 0 Å². The van der Waals surface area contributed by atoms with Crippen LogP contribution in [0.3, 0.4) is 0 Å². The lowest BCUT2D eigenvalue weighted by molar-refractivity contribution is -0.116. The van der Waals surface area contributed by atoms with E-state index in [0.717, 1.165) is 22.3 Å². The third kappa shape index (κ3) is 2.20. The molecular formula is C16H21NO3. The summed E-state index contributed by atoms with van der Waals surface area (Å²) in [6.45, 7) is 7.92. The number of benzene rings is 1. The van der Waals surface area contributed by atoms with Gasteiger partial charge in [0.25, 0.3) is 5.91 Å². The maximum Gasteiger partial charge on any atom is 0.256 e. The predicted molar refractivity (Wildman–Crippen MR) is 78.6 cm³/mol. The van der Waals surface area contributed by atoms with Crippen molar-refractivity contribution >= 4 is 11.5 Å². The first-order valence-corrected chi connectivity index (χ1v) is 6.63. The number of nitrogens with one attached hydrogen (secondary N) is 1. The zero-order valence-electron chi connectivity index (χ0n) is 12.6. The Hall–Kier alpha value is -1.81. The Balaban J connectivity index is 2.63. The van der Waals surface area contributed by atoms with Crippen LogP contribution >= 0.6 is 0 Å². The minimum absolute atomic E-state index is 0.0550. The summed E-state index contributed by atoms with van der Waals surface area (Å²) in [5, 5.41) is 13.3. The SMILES string of the molecule is COCC1(C)NC(=O)C(c2c(C)cc(C)cc2C)=C1O. The van der Waals surface area contributed by atoms with E-state index in [-0.39, 0.29) is 18.3 Å². The standard InChI is InChI=1S/C16H21NO3/c1-9-6-10(2)12(11(3)7-9)13-14(18)16(4,8-20-5)17-15(13)19/h6-7,18H,8H2,1-5H3,(H,17,19). The Kier molecular flexibility index (Phi) is 3.61. The highest BCUT2D eigenvalue weighted by Gasteiger charge is 2.43. The third-order valence-electron chi connectivity index (χ3n) is 3.74. The highest BCUT2D eigenvalue weighted by molar-refractivity contribution is 6.23. The van der Waals surface area contributed by atoms with Crippen molar-refractivity contribution in [2.75, 3.05) is 13.7 Å². The van der Waals surface area contributed by atoms with Crippen molar-refractivity contribution in [3.8, 4) is 0 Å². The number of rotatable bonds is 3. The van der Waals surface area contributed by atoms with E-state index in [9.17, 15) is 9.90 Å². The Bertz CT molecular complexity index is 581. The summed E-state index contributed by atoms with van der Waals surface area (Å²) in [6.07, 6.45) is 0. The van der Waals surface area contributed by atoms with E-state index >= 15 is 0 Å². The molecule has 0 spiro atoms. The van der Waals surface area contributed by atoms with Gasteiger partial charge in [-0.3, -0.25) is 4.79 Å². The highest BCUT2D eigenvalue weighted by Crippen LogP contribution is 2.35. The van der Waals surface area contributed by atoms with E-state index < -0.39 is 5.54 Å².